The van der Waals surface area contributed by atoms with E-state index in [4.69, 9.17) is 0 Å². The normalized spacial score (nSPS) is 11.1. The van der Waals surface area contributed by atoms with E-state index >= 15 is 0 Å². The minimum Gasteiger partial charge on any atom is -0.318 e. The third kappa shape index (κ3) is 3.01. The Balaban J connectivity index is 2.82. The Hall–Kier alpha value is -1.64. The highest BCUT2D eigenvalue weighted by atomic mass is 16.7. The molecular weight excluding hydrogens is 178 g/mol. The molecule has 0 saturated heterocycles. The minimum absolute atomic E-state index is 0.396. The Labute approximate surface area is 83.4 Å². The Morgan fingerprint density at radius 1 is 1.36 bits per heavy atom. The smallest absolute Gasteiger partial charge is 0.318 e. The van der Waals surface area contributed by atoms with Crippen LogP contribution in [0, 0.1) is 0 Å². The molecule has 0 aliphatic rings. The minimum atomic E-state index is -0.396. The topological polar surface area (TPSA) is 38.7 Å². The van der Waals surface area contributed by atoms with Gasteiger partial charge < -0.3 is 4.84 Å². The van der Waals surface area contributed by atoms with Gasteiger partial charge in [0.2, 0.25) is 0 Å². The van der Waals surface area contributed by atoms with Gasteiger partial charge in [-0.15, -0.1) is 0 Å². The first kappa shape index (κ1) is 10.4. The van der Waals surface area contributed by atoms with Crippen molar-refractivity contribution in [3.05, 3.63) is 35.9 Å². The third-order valence-electron chi connectivity index (χ3n) is 1.73. The van der Waals surface area contributed by atoms with E-state index < -0.39 is 5.97 Å². The van der Waals surface area contributed by atoms with E-state index in [-0.39, 0.29) is 0 Å². The number of carbonyl (C=O) groups excluding carboxylic acids is 1. The number of benzene rings is 1. The third-order valence-corrected chi connectivity index (χ3v) is 1.73. The molecule has 0 aromatic heterocycles. The fraction of sp³-hybridized carbons (Fsp3) is 0.273. The van der Waals surface area contributed by atoms with Crippen LogP contribution in [0.1, 0.15) is 25.8 Å². The average molecular weight is 191 g/mol. The van der Waals surface area contributed by atoms with Gasteiger partial charge in [-0.2, -0.15) is 0 Å². The van der Waals surface area contributed by atoms with E-state index in [1.807, 2.05) is 37.3 Å². The molecule has 1 aromatic rings. The summed E-state index contributed by atoms with van der Waals surface area (Å²) >= 11 is 0. The molecule has 3 nitrogen and oxygen atoms in total. The van der Waals surface area contributed by atoms with Crippen LogP contribution in [-0.2, 0) is 9.63 Å². The molecule has 1 aromatic carbocycles. The Bertz CT molecular complexity index is 330. The lowest BCUT2D eigenvalue weighted by Crippen LogP contribution is -2.02. The molecule has 0 radical (unpaired) electrons. The van der Waals surface area contributed by atoms with Crippen LogP contribution in [0.25, 0.3) is 0 Å². The van der Waals surface area contributed by atoms with Crippen molar-refractivity contribution in [2.24, 2.45) is 5.16 Å². The summed E-state index contributed by atoms with van der Waals surface area (Å²) in [5, 5.41) is 3.78. The van der Waals surface area contributed by atoms with Crippen molar-refractivity contribution >= 4 is 11.7 Å². The molecule has 14 heavy (non-hydrogen) atoms. The Morgan fingerprint density at radius 2 is 2.00 bits per heavy atom. The van der Waals surface area contributed by atoms with Gasteiger partial charge in [0, 0.05) is 6.92 Å². The molecule has 1 rings (SSSR count). The van der Waals surface area contributed by atoms with E-state index in [0.29, 0.717) is 0 Å². The van der Waals surface area contributed by atoms with Crippen LogP contribution in [-0.4, -0.2) is 11.7 Å². The van der Waals surface area contributed by atoms with Gasteiger partial charge in [0.05, 0.1) is 5.71 Å². The van der Waals surface area contributed by atoms with Gasteiger partial charge >= 0.3 is 5.97 Å². The highest BCUT2D eigenvalue weighted by Crippen LogP contribution is 2.04. The SMILES string of the molecule is CCC(=NOC(C)=O)c1ccccc1. The first-order valence-corrected chi connectivity index (χ1v) is 4.54. The maximum Gasteiger partial charge on any atom is 0.331 e. The first-order chi connectivity index (χ1) is 6.74. The second kappa shape index (κ2) is 5.17. The lowest BCUT2D eigenvalue weighted by molar-refractivity contribution is -0.140. The van der Waals surface area contributed by atoms with E-state index in [2.05, 4.69) is 9.99 Å². The summed E-state index contributed by atoms with van der Waals surface area (Å²) in [5.41, 5.74) is 1.76. The van der Waals surface area contributed by atoms with Crippen LogP contribution in [0.15, 0.2) is 35.5 Å². The number of rotatable bonds is 3. The van der Waals surface area contributed by atoms with E-state index in [0.717, 1.165) is 17.7 Å². The van der Waals surface area contributed by atoms with Crippen molar-refractivity contribution in [1.82, 2.24) is 0 Å². The van der Waals surface area contributed by atoms with E-state index in [1.54, 1.807) is 0 Å². The van der Waals surface area contributed by atoms with Crippen molar-refractivity contribution in [3.8, 4) is 0 Å². The number of hydrogen-bond acceptors (Lipinski definition) is 3. The molecule has 0 aliphatic heterocycles. The molecule has 0 N–H and O–H groups in total. The van der Waals surface area contributed by atoms with Crippen LogP contribution >= 0.6 is 0 Å². The number of oxime groups is 1. The molecule has 0 amide bonds. The van der Waals surface area contributed by atoms with Crippen LogP contribution in [0.4, 0.5) is 0 Å². The highest BCUT2D eigenvalue weighted by molar-refractivity contribution is 6.00. The van der Waals surface area contributed by atoms with Gasteiger partial charge in [0.15, 0.2) is 0 Å². The lowest BCUT2D eigenvalue weighted by atomic mass is 10.1. The van der Waals surface area contributed by atoms with Crippen molar-refractivity contribution in [2.45, 2.75) is 20.3 Å². The van der Waals surface area contributed by atoms with Crippen molar-refractivity contribution < 1.29 is 9.63 Å². The monoisotopic (exact) mass is 191 g/mol. The second-order valence-corrected chi connectivity index (χ2v) is 2.84. The molecule has 3 heteroatoms. The molecule has 0 fully saturated rings. The zero-order chi connectivity index (χ0) is 10.4. The Morgan fingerprint density at radius 3 is 2.50 bits per heavy atom. The van der Waals surface area contributed by atoms with Crippen LogP contribution in [0.3, 0.4) is 0 Å². The standard InChI is InChI=1S/C11H13NO2/c1-3-11(12-14-9(2)13)10-7-5-4-6-8-10/h4-8H,3H2,1-2H3. The molecule has 0 aliphatic carbocycles. The maximum atomic E-state index is 10.6. The fourth-order valence-electron chi connectivity index (χ4n) is 1.07. The summed E-state index contributed by atoms with van der Waals surface area (Å²) < 4.78 is 0. The summed E-state index contributed by atoms with van der Waals surface area (Å²) in [6.07, 6.45) is 0.733. The number of carbonyl (C=O) groups is 1. The quantitative estimate of drug-likeness (QED) is 0.418. The summed E-state index contributed by atoms with van der Waals surface area (Å²) in [4.78, 5) is 15.2. The zero-order valence-electron chi connectivity index (χ0n) is 8.36. The highest BCUT2D eigenvalue weighted by Gasteiger charge is 2.01. The lowest BCUT2D eigenvalue weighted by Gasteiger charge is -2.01. The van der Waals surface area contributed by atoms with Gasteiger partial charge in [-0.05, 0) is 12.0 Å². The summed E-state index contributed by atoms with van der Waals surface area (Å²) in [7, 11) is 0. The first-order valence-electron chi connectivity index (χ1n) is 4.54. The van der Waals surface area contributed by atoms with E-state index in [9.17, 15) is 4.79 Å². The Kier molecular flexibility index (Phi) is 3.85. The van der Waals surface area contributed by atoms with Crippen LogP contribution < -0.4 is 0 Å². The summed E-state index contributed by atoms with van der Waals surface area (Å²) in [5.74, 6) is -0.396. The molecular formula is C11H13NO2. The summed E-state index contributed by atoms with van der Waals surface area (Å²) in [6.45, 7) is 3.30. The van der Waals surface area contributed by atoms with Gasteiger partial charge in [-0.25, -0.2) is 4.79 Å². The number of nitrogens with zero attached hydrogens (tertiary/aromatic N) is 1. The molecule has 0 saturated carbocycles. The summed E-state index contributed by atoms with van der Waals surface area (Å²) in [6, 6.07) is 9.66. The number of hydrogen-bond donors (Lipinski definition) is 0. The van der Waals surface area contributed by atoms with E-state index in [1.165, 1.54) is 6.92 Å². The predicted molar refractivity (Wildman–Crippen MR) is 55.0 cm³/mol. The van der Waals surface area contributed by atoms with Gasteiger partial charge in [-0.3, -0.25) is 0 Å². The zero-order valence-corrected chi connectivity index (χ0v) is 8.36. The van der Waals surface area contributed by atoms with Crippen molar-refractivity contribution in [2.75, 3.05) is 0 Å². The largest absolute Gasteiger partial charge is 0.331 e. The van der Waals surface area contributed by atoms with Gasteiger partial charge in [0.1, 0.15) is 0 Å². The van der Waals surface area contributed by atoms with Crippen LogP contribution in [0.5, 0.6) is 0 Å². The molecule has 0 heterocycles. The second-order valence-electron chi connectivity index (χ2n) is 2.84. The molecule has 0 bridgehead atoms. The van der Waals surface area contributed by atoms with Crippen molar-refractivity contribution in [3.63, 3.8) is 0 Å². The predicted octanol–water partition coefficient (Wildman–Crippen LogP) is 2.36. The fourth-order valence-corrected chi connectivity index (χ4v) is 1.07. The molecule has 0 atom stereocenters. The van der Waals surface area contributed by atoms with Gasteiger partial charge in [-0.1, -0.05) is 42.4 Å². The molecule has 0 unspecified atom stereocenters. The van der Waals surface area contributed by atoms with Crippen molar-refractivity contribution in [1.29, 1.82) is 0 Å². The van der Waals surface area contributed by atoms with Gasteiger partial charge in [0.25, 0.3) is 0 Å². The maximum absolute atomic E-state index is 10.6. The molecule has 74 valence electrons. The molecule has 0 spiro atoms. The van der Waals surface area contributed by atoms with Crippen LogP contribution in [0.2, 0.25) is 0 Å². The average Bonchev–Trinajstić information content (AvgIpc) is 2.20.